The maximum absolute atomic E-state index is 15.8. The van der Waals surface area contributed by atoms with Crippen LogP contribution in [0.5, 0.6) is 0 Å². The molecule has 5 N–H and O–H groups in total. The number of amides is 3. The fraction of sp³-hybridized carbons (Fsp3) is 0.500. The van der Waals surface area contributed by atoms with E-state index in [2.05, 4.69) is 30.0 Å². The first-order valence-corrected chi connectivity index (χ1v) is 19.2. The number of nitrogens with two attached hydrogens (primary N) is 2. The number of rotatable bonds is 7. The van der Waals surface area contributed by atoms with E-state index in [1.807, 2.05) is 13.0 Å². The third kappa shape index (κ3) is 6.68. The van der Waals surface area contributed by atoms with Gasteiger partial charge in [-0.15, -0.1) is 0 Å². The van der Waals surface area contributed by atoms with Gasteiger partial charge in [0.25, 0.3) is 5.91 Å². The Labute approximate surface area is 315 Å². The molecule has 7 heterocycles. The van der Waals surface area contributed by atoms with E-state index in [-0.39, 0.29) is 48.4 Å². The second kappa shape index (κ2) is 14.3. The molecular weight excluding hydrogens is 723 g/mol. The van der Waals surface area contributed by atoms with Gasteiger partial charge in [-0.25, -0.2) is 19.3 Å². The smallest absolute Gasteiger partial charge is 0.255 e. The van der Waals surface area contributed by atoms with Gasteiger partial charge in [-0.3, -0.25) is 24.6 Å². The van der Waals surface area contributed by atoms with Crippen molar-refractivity contribution in [3.8, 4) is 0 Å². The van der Waals surface area contributed by atoms with Crippen molar-refractivity contribution in [1.29, 1.82) is 0 Å². The number of piperazine rings is 1. The maximum Gasteiger partial charge on any atom is 0.255 e. The highest BCUT2D eigenvalue weighted by molar-refractivity contribution is 7.99. The van der Waals surface area contributed by atoms with Crippen molar-refractivity contribution in [2.24, 2.45) is 11.1 Å². The summed E-state index contributed by atoms with van der Waals surface area (Å²) in [6.07, 6.45) is 5.78. The number of halogens is 2. The first-order chi connectivity index (χ1) is 25.5. The number of carbonyl (C=O) groups is 3. The molecule has 0 saturated carbocycles. The molecule has 1 unspecified atom stereocenters. The zero-order valence-corrected chi connectivity index (χ0v) is 31.0. The lowest BCUT2D eigenvalue weighted by Crippen LogP contribution is -2.52. The highest BCUT2D eigenvalue weighted by Gasteiger charge is 2.48. The van der Waals surface area contributed by atoms with Crippen molar-refractivity contribution < 1.29 is 23.5 Å². The Morgan fingerprint density at radius 1 is 1.08 bits per heavy atom. The van der Waals surface area contributed by atoms with E-state index in [9.17, 15) is 14.4 Å². The highest BCUT2D eigenvalue weighted by Crippen LogP contribution is 2.43. The van der Waals surface area contributed by atoms with E-state index in [4.69, 9.17) is 32.8 Å². The summed E-state index contributed by atoms with van der Waals surface area (Å²) in [5.74, 6) is 0.0196. The van der Waals surface area contributed by atoms with Gasteiger partial charge in [0.05, 0.1) is 30.5 Å². The molecule has 0 radical (unpaired) electrons. The molecule has 8 rings (SSSR count). The van der Waals surface area contributed by atoms with Crippen molar-refractivity contribution in [2.75, 3.05) is 61.4 Å². The number of fused-ring (bicyclic) bond motifs is 1. The molecule has 4 fully saturated rings. The number of nitrogens with zero attached hydrogens (tertiary/aromatic N) is 7. The number of aromatic nitrogens is 3. The Kier molecular flexibility index (Phi) is 9.68. The third-order valence-corrected chi connectivity index (χ3v) is 13.1. The fourth-order valence-electron chi connectivity index (χ4n) is 8.22. The molecule has 3 aromatic rings. The molecule has 3 atom stereocenters. The first kappa shape index (κ1) is 35.9. The average molecular weight is 765 g/mol. The maximum atomic E-state index is 15.8. The van der Waals surface area contributed by atoms with Gasteiger partial charge in [0.1, 0.15) is 28.5 Å². The van der Waals surface area contributed by atoms with Crippen LogP contribution in [0, 0.1) is 11.2 Å². The summed E-state index contributed by atoms with van der Waals surface area (Å²) in [6.45, 7) is 7.26. The van der Waals surface area contributed by atoms with Gasteiger partial charge in [0.15, 0.2) is 5.82 Å². The van der Waals surface area contributed by atoms with Crippen molar-refractivity contribution in [1.82, 2.24) is 30.1 Å². The monoisotopic (exact) mass is 764 g/mol. The molecule has 0 aliphatic carbocycles. The number of nitrogens with one attached hydrogen (secondary N) is 1. The number of anilines is 3. The Bertz CT molecular complexity index is 1960. The summed E-state index contributed by atoms with van der Waals surface area (Å²) in [5, 5.41) is 3.34. The summed E-state index contributed by atoms with van der Waals surface area (Å²) in [7, 11) is 0. The Balaban J connectivity index is 0.874. The standard InChI is InChI=1S/C36H42ClFN10O4S/c1-20-30(39)36(19-52-20)7-10-46(11-8-36)26-16-42-34(31(40)43-26)53-25-6-9-41-32(28(25)37)47-14-12-45(13-15-47)17-21-2-3-22-23(29(21)38)18-48(35(22)51)24-4-5-27(49)44-33(24)50/h2-3,6,9,16,20,24,30H,4-5,7-8,10-15,17-19,39H2,1H3,(H2,40,43)(H,44,49,50)/t20-,24?,30+/m0/s1. The van der Waals surface area contributed by atoms with Crippen LogP contribution in [0.15, 0.2) is 40.5 Å². The minimum absolute atomic E-state index is 0.00196. The van der Waals surface area contributed by atoms with Gasteiger partial charge in [-0.05, 0) is 38.3 Å². The first-order valence-electron chi connectivity index (χ1n) is 18.0. The van der Waals surface area contributed by atoms with Crippen LogP contribution < -0.4 is 26.6 Å². The topological polar surface area (TPSA) is 176 Å². The zero-order chi connectivity index (χ0) is 37.0. The number of nitrogen functional groups attached to an aromatic ring is 1. The van der Waals surface area contributed by atoms with Gasteiger partial charge in [-0.2, -0.15) is 0 Å². The lowest BCUT2D eigenvalue weighted by Gasteiger charge is -2.41. The van der Waals surface area contributed by atoms with Crippen molar-refractivity contribution in [3.63, 3.8) is 0 Å². The van der Waals surface area contributed by atoms with Crippen molar-refractivity contribution >= 4 is 58.5 Å². The van der Waals surface area contributed by atoms with Gasteiger partial charge in [-0.1, -0.05) is 29.4 Å². The number of hydrogen-bond donors (Lipinski definition) is 3. The number of piperidine rings is 2. The molecule has 4 saturated heterocycles. The largest absolute Gasteiger partial charge is 0.381 e. The normalized spacial score (nSPS) is 24.6. The average Bonchev–Trinajstić information content (AvgIpc) is 3.63. The van der Waals surface area contributed by atoms with Crippen LogP contribution in [0.1, 0.15) is 54.1 Å². The van der Waals surface area contributed by atoms with Crippen LogP contribution in [-0.2, 0) is 27.4 Å². The summed E-state index contributed by atoms with van der Waals surface area (Å²) < 4.78 is 21.7. The predicted molar refractivity (Wildman–Crippen MR) is 197 cm³/mol. The molecule has 3 amide bonds. The van der Waals surface area contributed by atoms with Crippen LogP contribution >= 0.6 is 23.4 Å². The molecule has 2 aromatic heterocycles. The minimum Gasteiger partial charge on any atom is -0.381 e. The number of imide groups is 1. The van der Waals surface area contributed by atoms with Crippen LogP contribution in [0.2, 0.25) is 5.02 Å². The van der Waals surface area contributed by atoms with Crippen LogP contribution in [0.3, 0.4) is 0 Å². The van der Waals surface area contributed by atoms with Crippen LogP contribution in [0.25, 0.3) is 0 Å². The second-order valence-corrected chi connectivity index (χ2v) is 16.0. The molecule has 280 valence electrons. The predicted octanol–water partition coefficient (Wildman–Crippen LogP) is 2.81. The SMILES string of the molecule is C[C@@H]1OCC2(CCN(c3cnc(Sc4ccnc(N5CCN(Cc6ccc7c(c6F)CN(C6CCC(=O)NC6=O)C7=O)CC5)c4Cl)c(N)n3)CC2)[C@@H]1N. The van der Waals surface area contributed by atoms with E-state index in [1.165, 1.54) is 16.7 Å². The molecular formula is C36H42ClFN10O4S. The lowest BCUT2D eigenvalue weighted by atomic mass is 9.73. The van der Waals surface area contributed by atoms with E-state index >= 15 is 4.39 Å². The van der Waals surface area contributed by atoms with Crippen molar-refractivity contribution in [3.05, 3.63) is 58.1 Å². The molecule has 14 nitrogen and oxygen atoms in total. The third-order valence-electron chi connectivity index (χ3n) is 11.5. The molecule has 0 bridgehead atoms. The Morgan fingerprint density at radius 3 is 2.55 bits per heavy atom. The van der Waals surface area contributed by atoms with Crippen molar-refractivity contribution in [2.45, 2.75) is 73.8 Å². The zero-order valence-electron chi connectivity index (χ0n) is 29.4. The number of hydrogen-bond acceptors (Lipinski definition) is 13. The van der Waals surface area contributed by atoms with E-state index in [1.54, 1.807) is 24.5 Å². The van der Waals surface area contributed by atoms with E-state index in [0.717, 1.165) is 36.6 Å². The summed E-state index contributed by atoms with van der Waals surface area (Å²) in [4.78, 5) is 59.6. The number of pyridine rings is 1. The molecule has 5 aliphatic heterocycles. The lowest BCUT2D eigenvalue weighted by molar-refractivity contribution is -0.136. The van der Waals surface area contributed by atoms with E-state index < -0.39 is 23.7 Å². The van der Waals surface area contributed by atoms with E-state index in [0.29, 0.717) is 72.1 Å². The molecule has 17 heteroatoms. The molecule has 1 aromatic carbocycles. The van der Waals surface area contributed by atoms with Crippen LogP contribution in [-0.4, -0.2) is 107 Å². The Hall–Kier alpha value is -4.09. The molecule has 1 spiro atoms. The number of ether oxygens (including phenoxy) is 1. The Morgan fingerprint density at radius 2 is 1.85 bits per heavy atom. The van der Waals surface area contributed by atoms with Gasteiger partial charge < -0.3 is 30.9 Å². The number of carbonyl (C=O) groups excluding carboxylic acids is 3. The highest BCUT2D eigenvalue weighted by atomic mass is 35.5. The van der Waals surface area contributed by atoms with Gasteiger partial charge >= 0.3 is 0 Å². The minimum atomic E-state index is -0.790. The van der Waals surface area contributed by atoms with Gasteiger partial charge in [0.2, 0.25) is 11.8 Å². The van der Waals surface area contributed by atoms with Crippen LogP contribution in [0.4, 0.5) is 21.8 Å². The molecule has 53 heavy (non-hydrogen) atoms. The molecule has 5 aliphatic rings. The summed E-state index contributed by atoms with van der Waals surface area (Å²) in [5.41, 5.74) is 14.0. The quantitative estimate of drug-likeness (QED) is 0.300. The summed E-state index contributed by atoms with van der Waals surface area (Å²) in [6, 6.07) is 4.37. The summed E-state index contributed by atoms with van der Waals surface area (Å²) >= 11 is 8.28. The second-order valence-electron chi connectivity index (χ2n) is 14.6. The van der Waals surface area contributed by atoms with Gasteiger partial charge in [0, 0.05) is 91.5 Å². The number of benzene rings is 1. The fourth-order valence-corrected chi connectivity index (χ4v) is 9.34.